The summed E-state index contributed by atoms with van der Waals surface area (Å²) in [6.45, 7) is 0. The first kappa shape index (κ1) is 19.8. The minimum atomic E-state index is -1.15. The Morgan fingerprint density at radius 1 is 1.10 bits per heavy atom. The van der Waals surface area contributed by atoms with Crippen LogP contribution in [0.1, 0.15) is 26.3 Å². The predicted octanol–water partition coefficient (Wildman–Crippen LogP) is 3.58. The molecule has 2 N–H and O–H groups in total. The molecule has 0 amide bonds. The van der Waals surface area contributed by atoms with E-state index in [2.05, 4.69) is 0 Å². The van der Waals surface area contributed by atoms with Crippen LogP contribution >= 0.6 is 11.6 Å². The molecule has 3 aromatic carbocycles. The van der Waals surface area contributed by atoms with E-state index in [9.17, 15) is 14.8 Å². The highest BCUT2D eigenvalue weighted by Crippen LogP contribution is 2.35. The van der Waals surface area contributed by atoms with E-state index in [0.29, 0.717) is 16.1 Å². The average Bonchev–Trinajstić information content (AvgIpc) is 3.04. The van der Waals surface area contributed by atoms with Gasteiger partial charge in [-0.1, -0.05) is 35.9 Å². The van der Waals surface area contributed by atoms with Crippen molar-refractivity contribution in [1.82, 2.24) is 0 Å². The molecule has 1 atom stereocenters. The third kappa shape index (κ3) is 3.96. The van der Waals surface area contributed by atoms with Gasteiger partial charge in [0.2, 0.25) is 5.78 Å². The maximum absolute atomic E-state index is 12.6. The van der Waals surface area contributed by atoms with E-state index in [1.165, 1.54) is 42.5 Å². The molecule has 0 spiro atoms. The molecule has 0 aromatic heterocycles. The Labute approximate surface area is 175 Å². The molecule has 0 saturated carbocycles. The molecule has 3 aromatic rings. The maximum Gasteiger partial charge on any atom is 0.343 e. The zero-order valence-electron chi connectivity index (χ0n) is 15.3. The normalized spacial score (nSPS) is 14.9. The van der Waals surface area contributed by atoms with E-state index in [-0.39, 0.29) is 34.3 Å². The van der Waals surface area contributed by atoms with Gasteiger partial charge in [0.05, 0.1) is 11.1 Å². The summed E-state index contributed by atoms with van der Waals surface area (Å²) in [7, 11) is 0. The number of nitrogens with one attached hydrogen (secondary N) is 1. The van der Waals surface area contributed by atoms with Crippen molar-refractivity contribution in [1.29, 1.82) is 0 Å². The summed E-state index contributed by atoms with van der Waals surface area (Å²) in [5, 5.41) is 19.4. The molecule has 8 heteroatoms. The Kier molecular flexibility index (Phi) is 5.35. The van der Waals surface area contributed by atoms with Gasteiger partial charge in [0, 0.05) is 23.2 Å². The van der Waals surface area contributed by atoms with E-state index >= 15 is 0 Å². The molecule has 1 heterocycles. The fourth-order valence-electron chi connectivity index (χ4n) is 2.91. The van der Waals surface area contributed by atoms with Gasteiger partial charge in [0.15, 0.2) is 11.4 Å². The van der Waals surface area contributed by atoms with Crippen LogP contribution in [0.3, 0.4) is 0 Å². The number of benzene rings is 3. The highest BCUT2D eigenvalue weighted by molar-refractivity contribution is 6.32. The lowest BCUT2D eigenvalue weighted by molar-refractivity contribution is -0.991. The highest BCUT2D eigenvalue weighted by Gasteiger charge is 2.28. The maximum atomic E-state index is 12.6. The van der Waals surface area contributed by atoms with E-state index < -0.39 is 11.2 Å². The number of hydrogen-bond acceptors (Lipinski definition) is 6. The van der Waals surface area contributed by atoms with Crippen LogP contribution in [0.5, 0.6) is 11.5 Å². The summed E-state index contributed by atoms with van der Waals surface area (Å²) in [5.41, 5.74) is 1.04. The molecule has 0 saturated heterocycles. The minimum absolute atomic E-state index is 0.0262. The topological polar surface area (TPSA) is 100 Å². The number of esters is 1. The van der Waals surface area contributed by atoms with Gasteiger partial charge in [0.1, 0.15) is 11.5 Å². The molecule has 30 heavy (non-hydrogen) atoms. The molecule has 7 nitrogen and oxygen atoms in total. The Balaban J connectivity index is 1.55. The number of carbonyl (C=O) groups is 2. The summed E-state index contributed by atoms with van der Waals surface area (Å²) in [5.74, 6) is -0.518. The van der Waals surface area contributed by atoms with Gasteiger partial charge in [-0.2, -0.15) is 5.23 Å². The fraction of sp³-hybridized carbons (Fsp3) is 0. The van der Waals surface area contributed by atoms with Crippen molar-refractivity contribution in [2.24, 2.45) is 0 Å². The number of fused-ring (bicyclic) bond motifs is 1. The lowest BCUT2D eigenvalue weighted by Crippen LogP contribution is -2.99. The lowest BCUT2D eigenvalue weighted by atomic mass is 10.1. The lowest BCUT2D eigenvalue weighted by Gasteiger charge is -2.12. The van der Waals surface area contributed by atoms with E-state index in [1.54, 1.807) is 30.3 Å². The van der Waals surface area contributed by atoms with Gasteiger partial charge >= 0.3 is 5.97 Å². The SMILES string of the molecule is O=C(Oc1ccc2c(c1)OC(=Cc1ccccc1Cl)C2=O)c1cccc([NH+]([O-])O)c1. The van der Waals surface area contributed by atoms with Gasteiger partial charge < -0.3 is 14.7 Å². The predicted molar refractivity (Wildman–Crippen MR) is 108 cm³/mol. The second kappa shape index (κ2) is 8.10. The van der Waals surface area contributed by atoms with Crippen LogP contribution in [0, 0.1) is 5.21 Å². The van der Waals surface area contributed by atoms with Crippen molar-refractivity contribution >= 4 is 35.1 Å². The number of rotatable bonds is 4. The van der Waals surface area contributed by atoms with Crippen molar-refractivity contribution < 1.29 is 29.5 Å². The summed E-state index contributed by atoms with van der Waals surface area (Å²) in [4.78, 5) is 24.9. The highest BCUT2D eigenvalue weighted by atomic mass is 35.5. The second-order valence-corrected chi connectivity index (χ2v) is 6.80. The number of ether oxygens (including phenoxy) is 2. The largest absolute Gasteiger partial charge is 0.595 e. The number of hydrogen-bond donors (Lipinski definition) is 2. The first-order valence-corrected chi connectivity index (χ1v) is 9.18. The number of ketones is 1. The van der Waals surface area contributed by atoms with Crippen LogP contribution in [0.15, 0.2) is 72.5 Å². The molecular formula is C22H14ClNO6. The van der Waals surface area contributed by atoms with Crippen molar-refractivity contribution in [3.8, 4) is 11.5 Å². The number of allylic oxidation sites excluding steroid dienone is 1. The van der Waals surface area contributed by atoms with Crippen LogP contribution in [0.4, 0.5) is 5.69 Å². The Bertz CT molecular complexity index is 1190. The standard InChI is InChI=1S/C22H14ClNO6/c23-18-7-2-1-4-13(18)11-20-21(25)17-9-8-16(12-19(17)30-20)29-22(26)14-5-3-6-15(10-14)24(27)28/h1-12,24,27H. The Hall–Kier alpha value is -3.49. The molecule has 0 bridgehead atoms. The Morgan fingerprint density at radius 3 is 2.67 bits per heavy atom. The smallest absolute Gasteiger partial charge is 0.343 e. The van der Waals surface area contributed by atoms with Crippen LogP contribution in [0.2, 0.25) is 5.02 Å². The van der Waals surface area contributed by atoms with Crippen LogP contribution in [0.25, 0.3) is 6.08 Å². The van der Waals surface area contributed by atoms with Gasteiger partial charge in [0.25, 0.3) is 0 Å². The second-order valence-electron chi connectivity index (χ2n) is 6.39. The molecule has 0 radical (unpaired) electrons. The van der Waals surface area contributed by atoms with Gasteiger partial charge in [-0.05, 0) is 35.9 Å². The molecule has 0 aliphatic carbocycles. The average molecular weight is 424 g/mol. The minimum Gasteiger partial charge on any atom is -0.595 e. The van der Waals surface area contributed by atoms with Crippen molar-refractivity contribution in [2.75, 3.05) is 0 Å². The zero-order chi connectivity index (χ0) is 21.3. The van der Waals surface area contributed by atoms with Gasteiger partial charge in [-0.15, -0.1) is 0 Å². The molecule has 4 rings (SSSR count). The van der Waals surface area contributed by atoms with Crippen LogP contribution in [-0.4, -0.2) is 17.0 Å². The molecule has 1 aliphatic heterocycles. The van der Waals surface area contributed by atoms with Gasteiger partial charge in [-0.3, -0.25) is 4.79 Å². The summed E-state index contributed by atoms with van der Waals surface area (Å²) < 4.78 is 10.9. The van der Waals surface area contributed by atoms with Crippen LogP contribution in [-0.2, 0) is 0 Å². The Morgan fingerprint density at radius 2 is 1.90 bits per heavy atom. The first-order valence-electron chi connectivity index (χ1n) is 8.81. The zero-order valence-corrected chi connectivity index (χ0v) is 16.1. The quantitative estimate of drug-likeness (QED) is 0.288. The number of carbonyl (C=O) groups excluding carboxylic acids is 2. The van der Waals surface area contributed by atoms with Crippen molar-refractivity contribution in [3.05, 3.63) is 99.4 Å². The van der Waals surface area contributed by atoms with Crippen molar-refractivity contribution in [2.45, 2.75) is 0 Å². The van der Waals surface area contributed by atoms with E-state index in [4.69, 9.17) is 26.3 Å². The third-order valence-corrected chi connectivity index (χ3v) is 4.73. The molecule has 1 aliphatic rings. The fourth-order valence-corrected chi connectivity index (χ4v) is 3.10. The van der Waals surface area contributed by atoms with Crippen LogP contribution < -0.4 is 14.7 Å². The monoisotopic (exact) mass is 423 g/mol. The summed E-state index contributed by atoms with van der Waals surface area (Å²) in [6.07, 6.45) is 1.55. The summed E-state index contributed by atoms with van der Waals surface area (Å²) >= 11 is 6.13. The molecule has 1 unspecified atom stereocenters. The number of quaternary nitrogens is 1. The summed E-state index contributed by atoms with van der Waals surface area (Å²) in [6, 6.07) is 16.9. The van der Waals surface area contributed by atoms with E-state index in [0.717, 1.165) is 0 Å². The van der Waals surface area contributed by atoms with Crippen molar-refractivity contribution in [3.63, 3.8) is 0 Å². The van der Waals surface area contributed by atoms with Gasteiger partial charge in [-0.25, -0.2) is 10.0 Å². The number of Topliss-reactive ketones (excluding diaryl/α,β-unsaturated/α-hetero) is 1. The third-order valence-electron chi connectivity index (χ3n) is 4.39. The van der Waals surface area contributed by atoms with E-state index in [1.807, 2.05) is 0 Å². The first-order chi connectivity index (χ1) is 14.4. The molecular weight excluding hydrogens is 410 g/mol. The molecule has 150 valence electrons. The number of halogens is 1. The molecule has 0 fully saturated rings.